The molecule has 1 saturated heterocycles. The van der Waals surface area contributed by atoms with Crippen LogP contribution in [0.15, 0.2) is 24.3 Å². The molecule has 1 fully saturated rings. The zero-order valence-electron chi connectivity index (χ0n) is 15.0. The van der Waals surface area contributed by atoms with Crippen molar-refractivity contribution < 1.29 is 24.2 Å². The monoisotopic (exact) mass is 362 g/mol. The van der Waals surface area contributed by atoms with E-state index in [4.69, 9.17) is 9.84 Å². The number of carboxylic acids is 1. The summed E-state index contributed by atoms with van der Waals surface area (Å²) < 4.78 is 5.25. The van der Waals surface area contributed by atoms with Gasteiger partial charge in [-0.25, -0.2) is 0 Å². The summed E-state index contributed by atoms with van der Waals surface area (Å²) in [5, 5.41) is 14.5. The van der Waals surface area contributed by atoms with E-state index in [1.54, 1.807) is 0 Å². The Balaban J connectivity index is 1.76. The Hall–Kier alpha value is -2.41. The van der Waals surface area contributed by atoms with Gasteiger partial charge in [0.25, 0.3) is 0 Å². The lowest BCUT2D eigenvalue weighted by atomic mass is 9.86. The van der Waals surface area contributed by atoms with Crippen LogP contribution in [0.4, 0.5) is 0 Å². The number of carboxylic acid groups (broad SMARTS) is 1. The normalized spacial score (nSPS) is 15.9. The van der Waals surface area contributed by atoms with Gasteiger partial charge >= 0.3 is 5.97 Å². The highest BCUT2D eigenvalue weighted by Crippen LogP contribution is 2.24. The summed E-state index contributed by atoms with van der Waals surface area (Å²) in [6.07, 6.45) is 1.65. The number of benzene rings is 1. The van der Waals surface area contributed by atoms with E-state index < -0.39 is 11.5 Å². The first-order valence-electron chi connectivity index (χ1n) is 8.81. The third kappa shape index (κ3) is 6.48. The second-order valence-electron chi connectivity index (χ2n) is 6.77. The highest BCUT2D eigenvalue weighted by Gasteiger charge is 2.36. The van der Waals surface area contributed by atoms with E-state index in [9.17, 15) is 14.4 Å². The van der Waals surface area contributed by atoms with Crippen molar-refractivity contribution in [3.8, 4) is 0 Å². The third-order valence-corrected chi connectivity index (χ3v) is 4.55. The maximum absolute atomic E-state index is 12.2. The fourth-order valence-electron chi connectivity index (χ4n) is 3.02. The van der Waals surface area contributed by atoms with Crippen molar-refractivity contribution in [1.29, 1.82) is 0 Å². The quantitative estimate of drug-likeness (QED) is 0.644. The Bertz CT molecular complexity index is 636. The summed E-state index contributed by atoms with van der Waals surface area (Å²) >= 11 is 0. The van der Waals surface area contributed by atoms with Crippen LogP contribution < -0.4 is 10.6 Å². The molecule has 142 valence electrons. The Morgan fingerprint density at radius 1 is 1.12 bits per heavy atom. The summed E-state index contributed by atoms with van der Waals surface area (Å²) in [5.41, 5.74) is 1.43. The van der Waals surface area contributed by atoms with Crippen LogP contribution >= 0.6 is 0 Å². The molecule has 0 bridgehead atoms. The van der Waals surface area contributed by atoms with Crippen LogP contribution in [0.25, 0.3) is 0 Å². The van der Waals surface area contributed by atoms with E-state index in [0.29, 0.717) is 38.9 Å². The molecule has 2 rings (SSSR count). The second kappa shape index (κ2) is 9.33. The van der Waals surface area contributed by atoms with Crippen molar-refractivity contribution in [1.82, 2.24) is 10.6 Å². The van der Waals surface area contributed by atoms with E-state index in [1.807, 2.05) is 31.2 Å². The average molecular weight is 362 g/mol. The van der Waals surface area contributed by atoms with Crippen molar-refractivity contribution >= 4 is 17.8 Å². The number of carbonyl (C=O) groups is 3. The molecule has 3 N–H and O–H groups in total. The largest absolute Gasteiger partial charge is 0.481 e. The molecule has 0 aromatic heterocycles. The molecule has 1 aliphatic rings. The van der Waals surface area contributed by atoms with Crippen LogP contribution in [-0.2, 0) is 25.5 Å². The number of rotatable bonds is 8. The Morgan fingerprint density at radius 2 is 1.77 bits per heavy atom. The summed E-state index contributed by atoms with van der Waals surface area (Å²) in [7, 11) is 0. The van der Waals surface area contributed by atoms with Gasteiger partial charge in [-0.3, -0.25) is 14.4 Å². The van der Waals surface area contributed by atoms with Gasteiger partial charge in [-0.1, -0.05) is 29.8 Å². The smallest absolute Gasteiger partial charge is 0.305 e. The minimum Gasteiger partial charge on any atom is -0.481 e. The number of nitrogens with one attached hydrogen (secondary N) is 2. The second-order valence-corrected chi connectivity index (χ2v) is 6.77. The molecule has 1 aromatic carbocycles. The fraction of sp³-hybridized carbons (Fsp3) is 0.526. The Labute approximate surface area is 153 Å². The van der Waals surface area contributed by atoms with Gasteiger partial charge in [0.05, 0.1) is 18.5 Å². The molecule has 2 amide bonds. The minimum absolute atomic E-state index is 0.149. The SMILES string of the molecule is Cc1ccc(CCC(=O)NCC(=O)NC2(CC(=O)O)CCOCC2)cc1. The number of carbonyl (C=O) groups excluding carboxylic acids is 2. The van der Waals surface area contributed by atoms with Gasteiger partial charge in [-0.05, 0) is 31.7 Å². The highest BCUT2D eigenvalue weighted by molar-refractivity contribution is 5.85. The minimum atomic E-state index is -0.964. The fourth-order valence-corrected chi connectivity index (χ4v) is 3.02. The van der Waals surface area contributed by atoms with E-state index in [1.165, 1.54) is 5.56 Å². The van der Waals surface area contributed by atoms with Gasteiger partial charge in [0.15, 0.2) is 0 Å². The molecule has 0 saturated carbocycles. The zero-order chi connectivity index (χ0) is 19.0. The highest BCUT2D eigenvalue weighted by atomic mass is 16.5. The van der Waals surface area contributed by atoms with Crippen molar-refractivity contribution in [2.45, 2.75) is 44.6 Å². The Kier molecular flexibility index (Phi) is 7.15. The lowest BCUT2D eigenvalue weighted by molar-refractivity contribution is -0.140. The lowest BCUT2D eigenvalue weighted by Gasteiger charge is -2.36. The van der Waals surface area contributed by atoms with Crippen LogP contribution in [0.1, 0.15) is 36.8 Å². The molecule has 26 heavy (non-hydrogen) atoms. The maximum Gasteiger partial charge on any atom is 0.305 e. The van der Waals surface area contributed by atoms with Gasteiger partial charge in [0, 0.05) is 19.6 Å². The van der Waals surface area contributed by atoms with Crippen LogP contribution in [0, 0.1) is 6.92 Å². The summed E-state index contributed by atoms with van der Waals surface area (Å²) in [6, 6.07) is 7.96. The van der Waals surface area contributed by atoms with Gasteiger partial charge in [-0.15, -0.1) is 0 Å². The topological polar surface area (TPSA) is 105 Å². The van der Waals surface area contributed by atoms with Crippen molar-refractivity contribution in [2.24, 2.45) is 0 Å². The summed E-state index contributed by atoms with van der Waals surface area (Å²) in [6.45, 7) is 2.67. The van der Waals surface area contributed by atoms with Gasteiger partial charge in [0.2, 0.25) is 11.8 Å². The number of aryl methyl sites for hydroxylation is 2. The van der Waals surface area contributed by atoms with Gasteiger partial charge < -0.3 is 20.5 Å². The average Bonchev–Trinajstić information content (AvgIpc) is 2.59. The molecule has 1 aliphatic heterocycles. The standard InChI is InChI=1S/C19H26N2O5/c1-14-2-4-15(5-3-14)6-7-16(22)20-13-17(23)21-19(12-18(24)25)8-10-26-11-9-19/h2-5H,6-13H2,1H3,(H,20,22)(H,21,23)(H,24,25). The molecule has 7 heteroatoms. The van der Waals surface area contributed by atoms with Gasteiger partial charge in [-0.2, -0.15) is 0 Å². The van der Waals surface area contributed by atoms with Gasteiger partial charge in [0.1, 0.15) is 0 Å². The first-order chi connectivity index (χ1) is 12.4. The van der Waals surface area contributed by atoms with E-state index in [-0.39, 0.29) is 24.8 Å². The van der Waals surface area contributed by atoms with E-state index in [2.05, 4.69) is 10.6 Å². The number of aliphatic carboxylic acids is 1. The lowest BCUT2D eigenvalue weighted by Crippen LogP contribution is -2.55. The number of hydrogen-bond acceptors (Lipinski definition) is 4. The molecule has 0 atom stereocenters. The molecular formula is C19H26N2O5. The van der Waals surface area contributed by atoms with Crippen molar-refractivity contribution in [2.75, 3.05) is 19.8 Å². The molecule has 0 spiro atoms. The van der Waals surface area contributed by atoms with Crippen LogP contribution in [-0.4, -0.2) is 48.2 Å². The number of hydrogen-bond donors (Lipinski definition) is 3. The molecule has 7 nitrogen and oxygen atoms in total. The molecule has 0 radical (unpaired) electrons. The first kappa shape index (κ1) is 19.9. The van der Waals surface area contributed by atoms with Crippen LogP contribution in [0.2, 0.25) is 0 Å². The molecule has 0 unspecified atom stereocenters. The molecule has 1 heterocycles. The van der Waals surface area contributed by atoms with Crippen molar-refractivity contribution in [3.63, 3.8) is 0 Å². The summed E-state index contributed by atoms with van der Waals surface area (Å²) in [5.74, 6) is -1.55. The predicted molar refractivity (Wildman–Crippen MR) is 95.7 cm³/mol. The number of ether oxygens (including phenoxy) is 1. The van der Waals surface area contributed by atoms with Crippen LogP contribution in [0.5, 0.6) is 0 Å². The molecule has 0 aliphatic carbocycles. The molecular weight excluding hydrogens is 336 g/mol. The van der Waals surface area contributed by atoms with Crippen molar-refractivity contribution in [3.05, 3.63) is 35.4 Å². The molecule has 1 aromatic rings. The third-order valence-electron chi connectivity index (χ3n) is 4.55. The van der Waals surface area contributed by atoms with E-state index >= 15 is 0 Å². The predicted octanol–water partition coefficient (Wildman–Crippen LogP) is 1.18. The first-order valence-corrected chi connectivity index (χ1v) is 8.81. The maximum atomic E-state index is 12.2. The zero-order valence-corrected chi connectivity index (χ0v) is 15.0. The number of amides is 2. The van der Waals surface area contributed by atoms with Crippen LogP contribution in [0.3, 0.4) is 0 Å². The Morgan fingerprint density at radius 3 is 2.38 bits per heavy atom. The van der Waals surface area contributed by atoms with E-state index in [0.717, 1.165) is 5.56 Å². The summed E-state index contributed by atoms with van der Waals surface area (Å²) in [4.78, 5) is 35.2.